The molecular formula is C15H18N6. The van der Waals surface area contributed by atoms with E-state index in [0.29, 0.717) is 17.3 Å². The van der Waals surface area contributed by atoms with Crippen molar-refractivity contribution < 1.29 is 0 Å². The Morgan fingerprint density at radius 3 is 3.00 bits per heavy atom. The lowest BCUT2D eigenvalue weighted by Crippen LogP contribution is -2.06. The van der Waals surface area contributed by atoms with E-state index >= 15 is 0 Å². The van der Waals surface area contributed by atoms with Crippen LogP contribution < -0.4 is 10.6 Å². The lowest BCUT2D eigenvalue weighted by atomic mass is 10.2. The van der Waals surface area contributed by atoms with Crippen LogP contribution in [-0.2, 0) is 0 Å². The van der Waals surface area contributed by atoms with Crippen LogP contribution in [0, 0.1) is 11.3 Å². The molecule has 0 aliphatic carbocycles. The monoisotopic (exact) mass is 282 g/mol. The largest absolute Gasteiger partial charge is 0.369 e. The molecule has 21 heavy (non-hydrogen) atoms. The first-order valence-electron chi connectivity index (χ1n) is 7.02. The summed E-state index contributed by atoms with van der Waals surface area (Å²) < 4.78 is 0. The summed E-state index contributed by atoms with van der Waals surface area (Å²) in [7, 11) is 0. The van der Waals surface area contributed by atoms with Gasteiger partial charge >= 0.3 is 0 Å². The second-order valence-electron chi connectivity index (χ2n) is 4.62. The fourth-order valence-corrected chi connectivity index (χ4v) is 1.83. The Labute approximate surface area is 124 Å². The quantitative estimate of drug-likeness (QED) is 0.759. The molecule has 0 saturated carbocycles. The molecule has 0 amide bonds. The van der Waals surface area contributed by atoms with Crippen molar-refractivity contribution in [3.8, 4) is 6.07 Å². The van der Waals surface area contributed by atoms with E-state index in [0.717, 1.165) is 18.7 Å². The van der Waals surface area contributed by atoms with Crippen LogP contribution in [-0.4, -0.2) is 21.7 Å². The van der Waals surface area contributed by atoms with E-state index < -0.39 is 0 Å². The smallest absolute Gasteiger partial charge is 0.249 e. The molecule has 6 heteroatoms. The van der Waals surface area contributed by atoms with Gasteiger partial charge < -0.3 is 10.6 Å². The van der Waals surface area contributed by atoms with Gasteiger partial charge in [-0.05, 0) is 24.6 Å². The van der Waals surface area contributed by atoms with Gasteiger partial charge in [-0.2, -0.15) is 15.3 Å². The summed E-state index contributed by atoms with van der Waals surface area (Å²) in [4.78, 5) is 4.34. The molecule has 0 spiro atoms. The standard InChI is InChI=1S/C15H18N6/c1-2-3-4-8-17-14-11-18-21-15(20-14)19-13-7-5-6-12(9-13)10-16/h5-7,9,11H,2-4,8H2,1H3,(H2,17,19,20,21). The Bertz CT molecular complexity index is 620. The van der Waals surface area contributed by atoms with E-state index in [-0.39, 0.29) is 0 Å². The number of anilines is 3. The van der Waals surface area contributed by atoms with Crippen molar-refractivity contribution in [3.63, 3.8) is 0 Å². The maximum Gasteiger partial charge on any atom is 0.249 e. The van der Waals surface area contributed by atoms with Crippen molar-refractivity contribution in [2.24, 2.45) is 0 Å². The van der Waals surface area contributed by atoms with Crippen LogP contribution in [0.4, 0.5) is 17.5 Å². The number of unbranched alkanes of at least 4 members (excludes halogenated alkanes) is 2. The molecule has 2 N–H and O–H groups in total. The lowest BCUT2D eigenvalue weighted by Gasteiger charge is -2.07. The van der Waals surface area contributed by atoms with Gasteiger partial charge in [-0.3, -0.25) is 0 Å². The van der Waals surface area contributed by atoms with E-state index in [2.05, 4.69) is 38.8 Å². The van der Waals surface area contributed by atoms with Gasteiger partial charge in [0.2, 0.25) is 5.95 Å². The first-order valence-corrected chi connectivity index (χ1v) is 7.02. The molecule has 0 fully saturated rings. The summed E-state index contributed by atoms with van der Waals surface area (Å²) >= 11 is 0. The van der Waals surface area contributed by atoms with Crippen molar-refractivity contribution in [2.45, 2.75) is 26.2 Å². The summed E-state index contributed by atoms with van der Waals surface area (Å²) in [5.74, 6) is 1.10. The van der Waals surface area contributed by atoms with Gasteiger partial charge in [0.05, 0.1) is 17.8 Å². The molecule has 1 heterocycles. The molecule has 0 bridgehead atoms. The molecule has 0 atom stereocenters. The third-order valence-electron chi connectivity index (χ3n) is 2.89. The molecule has 0 radical (unpaired) electrons. The van der Waals surface area contributed by atoms with Gasteiger partial charge in [-0.25, -0.2) is 0 Å². The van der Waals surface area contributed by atoms with Crippen molar-refractivity contribution >= 4 is 17.5 Å². The zero-order valence-corrected chi connectivity index (χ0v) is 12.0. The molecule has 1 aromatic carbocycles. The number of rotatable bonds is 7. The van der Waals surface area contributed by atoms with Gasteiger partial charge in [-0.1, -0.05) is 25.8 Å². The predicted molar refractivity (Wildman–Crippen MR) is 82.3 cm³/mol. The summed E-state index contributed by atoms with van der Waals surface area (Å²) in [6.45, 7) is 3.04. The van der Waals surface area contributed by atoms with Crippen LogP contribution in [0.3, 0.4) is 0 Å². The van der Waals surface area contributed by atoms with Crippen LogP contribution in [0.2, 0.25) is 0 Å². The molecule has 0 unspecified atom stereocenters. The summed E-state index contributed by atoms with van der Waals surface area (Å²) in [5.41, 5.74) is 1.35. The van der Waals surface area contributed by atoms with E-state index in [9.17, 15) is 0 Å². The van der Waals surface area contributed by atoms with Crippen LogP contribution in [0.1, 0.15) is 31.7 Å². The Kier molecular flexibility index (Phi) is 5.47. The predicted octanol–water partition coefficient (Wildman–Crippen LogP) is 3.09. The Morgan fingerprint density at radius 1 is 1.29 bits per heavy atom. The third-order valence-corrected chi connectivity index (χ3v) is 2.89. The van der Waals surface area contributed by atoms with Crippen LogP contribution >= 0.6 is 0 Å². The molecule has 2 aromatic rings. The van der Waals surface area contributed by atoms with Crippen LogP contribution in [0.25, 0.3) is 0 Å². The fourth-order valence-electron chi connectivity index (χ4n) is 1.83. The molecule has 108 valence electrons. The number of benzene rings is 1. The number of hydrogen-bond donors (Lipinski definition) is 2. The summed E-state index contributed by atoms with van der Waals surface area (Å²) in [6.07, 6.45) is 5.08. The highest BCUT2D eigenvalue weighted by atomic mass is 15.3. The van der Waals surface area contributed by atoms with Crippen molar-refractivity contribution in [3.05, 3.63) is 36.0 Å². The highest BCUT2D eigenvalue weighted by Crippen LogP contribution is 2.14. The first-order chi connectivity index (χ1) is 10.3. The zero-order chi connectivity index (χ0) is 14.9. The van der Waals surface area contributed by atoms with Gasteiger partial charge in [0, 0.05) is 12.2 Å². The molecule has 0 saturated heterocycles. The second-order valence-corrected chi connectivity index (χ2v) is 4.62. The second kappa shape index (κ2) is 7.80. The van der Waals surface area contributed by atoms with Crippen molar-refractivity contribution in [1.82, 2.24) is 15.2 Å². The maximum absolute atomic E-state index is 8.88. The number of nitriles is 1. The van der Waals surface area contributed by atoms with Crippen molar-refractivity contribution in [1.29, 1.82) is 5.26 Å². The number of nitrogens with one attached hydrogen (secondary N) is 2. The topological polar surface area (TPSA) is 86.5 Å². The average molecular weight is 282 g/mol. The molecule has 1 aromatic heterocycles. The zero-order valence-electron chi connectivity index (χ0n) is 12.0. The van der Waals surface area contributed by atoms with Gasteiger partial charge in [0.1, 0.15) is 0 Å². The molecule has 2 rings (SSSR count). The summed E-state index contributed by atoms with van der Waals surface area (Å²) in [5, 5.41) is 23.0. The number of nitrogens with zero attached hydrogens (tertiary/aromatic N) is 4. The lowest BCUT2D eigenvalue weighted by molar-refractivity contribution is 0.741. The Morgan fingerprint density at radius 2 is 2.19 bits per heavy atom. The minimum absolute atomic E-state index is 0.408. The SMILES string of the molecule is CCCCCNc1cnnc(Nc2cccc(C#N)c2)n1. The van der Waals surface area contributed by atoms with E-state index in [4.69, 9.17) is 5.26 Å². The Balaban J connectivity index is 1.98. The maximum atomic E-state index is 8.88. The minimum atomic E-state index is 0.408. The molecular weight excluding hydrogens is 264 g/mol. The third kappa shape index (κ3) is 4.73. The molecule has 6 nitrogen and oxygen atoms in total. The van der Waals surface area contributed by atoms with E-state index in [1.54, 1.807) is 24.4 Å². The average Bonchev–Trinajstić information content (AvgIpc) is 2.52. The van der Waals surface area contributed by atoms with Gasteiger partial charge in [-0.15, -0.1) is 5.10 Å². The van der Waals surface area contributed by atoms with Crippen LogP contribution in [0.5, 0.6) is 0 Å². The number of aromatic nitrogens is 3. The highest BCUT2D eigenvalue weighted by molar-refractivity contribution is 5.56. The normalized spacial score (nSPS) is 9.90. The molecule has 0 aliphatic rings. The minimum Gasteiger partial charge on any atom is -0.369 e. The van der Waals surface area contributed by atoms with E-state index in [1.165, 1.54) is 12.8 Å². The summed E-state index contributed by atoms with van der Waals surface area (Å²) in [6, 6.07) is 9.24. The molecule has 0 aliphatic heterocycles. The van der Waals surface area contributed by atoms with Gasteiger partial charge in [0.15, 0.2) is 5.82 Å². The first kappa shape index (κ1) is 14.7. The van der Waals surface area contributed by atoms with Crippen LogP contribution in [0.15, 0.2) is 30.5 Å². The Hall–Kier alpha value is -2.68. The fraction of sp³-hybridized carbons (Fsp3) is 0.333. The number of hydrogen-bond acceptors (Lipinski definition) is 6. The van der Waals surface area contributed by atoms with Crippen molar-refractivity contribution in [2.75, 3.05) is 17.2 Å². The van der Waals surface area contributed by atoms with E-state index in [1.807, 2.05) is 6.07 Å². The van der Waals surface area contributed by atoms with Gasteiger partial charge in [0.25, 0.3) is 0 Å². The highest BCUT2D eigenvalue weighted by Gasteiger charge is 2.02.